The monoisotopic (exact) mass is 282 g/mol. The van der Waals surface area contributed by atoms with Crippen molar-refractivity contribution in [2.45, 2.75) is 20.5 Å². The first-order valence-electron chi connectivity index (χ1n) is 6.86. The number of nitrogens with zero attached hydrogens (tertiary/aromatic N) is 2. The van der Waals surface area contributed by atoms with Gasteiger partial charge in [-0.25, -0.2) is 4.98 Å². The average Bonchev–Trinajstić information content (AvgIpc) is 2.89. The van der Waals surface area contributed by atoms with Crippen molar-refractivity contribution in [2.24, 2.45) is 0 Å². The molecule has 0 aliphatic rings. The fraction of sp³-hybridized carbons (Fsp3) is 0.235. The Kier molecular flexibility index (Phi) is 3.39. The number of hydrogen-bond acceptors (Lipinski definition) is 3. The Hall–Kier alpha value is -2.33. The molecular weight excluding hydrogens is 264 g/mol. The van der Waals surface area contributed by atoms with Gasteiger partial charge in [0.2, 0.25) is 0 Å². The quantitative estimate of drug-likeness (QED) is 0.803. The summed E-state index contributed by atoms with van der Waals surface area (Å²) >= 11 is 0. The summed E-state index contributed by atoms with van der Waals surface area (Å²) in [4.78, 5) is 4.65. The predicted octanol–water partition coefficient (Wildman–Crippen LogP) is 3.12. The lowest BCUT2D eigenvalue weighted by molar-refractivity contribution is 0.282. The first-order chi connectivity index (χ1) is 10.1. The van der Waals surface area contributed by atoms with E-state index in [2.05, 4.69) is 24.0 Å². The summed E-state index contributed by atoms with van der Waals surface area (Å²) in [6, 6.07) is 7.96. The molecule has 0 radical (unpaired) electrons. The molecular formula is C17H18N2O2. The summed E-state index contributed by atoms with van der Waals surface area (Å²) in [6.45, 7) is 4.12. The van der Waals surface area contributed by atoms with Crippen LogP contribution in [-0.4, -0.2) is 21.6 Å². The van der Waals surface area contributed by atoms with E-state index < -0.39 is 0 Å². The van der Waals surface area contributed by atoms with E-state index in [1.54, 1.807) is 7.11 Å². The van der Waals surface area contributed by atoms with Crippen molar-refractivity contribution in [3.63, 3.8) is 0 Å². The van der Waals surface area contributed by atoms with E-state index in [0.29, 0.717) is 0 Å². The van der Waals surface area contributed by atoms with Crippen molar-refractivity contribution < 1.29 is 9.84 Å². The Balaban J connectivity index is 2.20. The second-order valence-electron chi connectivity index (χ2n) is 5.25. The molecule has 2 heterocycles. The van der Waals surface area contributed by atoms with Crippen LogP contribution >= 0.6 is 0 Å². The fourth-order valence-corrected chi connectivity index (χ4v) is 2.67. The van der Waals surface area contributed by atoms with E-state index in [4.69, 9.17) is 4.74 Å². The Morgan fingerprint density at radius 2 is 2.05 bits per heavy atom. The topological polar surface area (TPSA) is 46.8 Å². The zero-order valence-corrected chi connectivity index (χ0v) is 12.4. The number of pyridine rings is 1. The summed E-state index contributed by atoms with van der Waals surface area (Å²) in [5, 5.41) is 9.22. The van der Waals surface area contributed by atoms with E-state index in [1.165, 1.54) is 5.56 Å². The third-order valence-electron chi connectivity index (χ3n) is 3.61. The molecule has 0 saturated heterocycles. The minimum Gasteiger partial charge on any atom is -0.496 e. The largest absolute Gasteiger partial charge is 0.496 e. The molecule has 0 atom stereocenters. The third-order valence-corrected chi connectivity index (χ3v) is 3.61. The van der Waals surface area contributed by atoms with Crippen LogP contribution in [0.5, 0.6) is 5.75 Å². The van der Waals surface area contributed by atoms with Gasteiger partial charge in [0, 0.05) is 18.0 Å². The molecule has 2 aromatic heterocycles. The Morgan fingerprint density at radius 3 is 2.76 bits per heavy atom. The maximum Gasteiger partial charge on any atom is 0.137 e. The number of benzene rings is 1. The number of aromatic nitrogens is 2. The summed E-state index contributed by atoms with van der Waals surface area (Å²) in [6.07, 6.45) is 3.89. The van der Waals surface area contributed by atoms with Crippen molar-refractivity contribution in [3.05, 3.63) is 53.3 Å². The van der Waals surface area contributed by atoms with Gasteiger partial charge in [0.05, 0.1) is 19.4 Å². The summed E-state index contributed by atoms with van der Waals surface area (Å²) in [5.41, 5.74) is 5.81. The first-order valence-corrected chi connectivity index (χ1v) is 6.86. The highest BCUT2D eigenvalue weighted by Gasteiger charge is 2.13. The summed E-state index contributed by atoms with van der Waals surface area (Å²) in [5.74, 6) is 0.853. The molecule has 0 unspecified atom stereocenters. The zero-order chi connectivity index (χ0) is 15.0. The van der Waals surface area contributed by atoms with Crippen LogP contribution in [0, 0.1) is 13.8 Å². The SMILES string of the molecule is COc1c(C)cc(C)cc1-c1cn2ccc(CO)cc2n1. The molecule has 0 saturated carbocycles. The third kappa shape index (κ3) is 2.38. The van der Waals surface area contributed by atoms with E-state index in [0.717, 1.165) is 33.8 Å². The Morgan fingerprint density at radius 1 is 1.24 bits per heavy atom. The van der Waals surface area contributed by atoms with Crippen LogP contribution in [-0.2, 0) is 6.61 Å². The molecule has 0 fully saturated rings. The van der Waals surface area contributed by atoms with Crippen LogP contribution in [0.15, 0.2) is 36.7 Å². The minimum absolute atomic E-state index is 0.0194. The van der Waals surface area contributed by atoms with Crippen LogP contribution in [0.1, 0.15) is 16.7 Å². The number of methoxy groups -OCH3 is 1. The summed E-state index contributed by atoms with van der Waals surface area (Å²) < 4.78 is 7.49. The molecule has 3 rings (SSSR count). The molecule has 0 spiro atoms. The van der Waals surface area contributed by atoms with E-state index >= 15 is 0 Å². The van der Waals surface area contributed by atoms with Gasteiger partial charge in [-0.3, -0.25) is 0 Å². The molecule has 21 heavy (non-hydrogen) atoms. The van der Waals surface area contributed by atoms with Crippen LogP contribution in [0.4, 0.5) is 0 Å². The van der Waals surface area contributed by atoms with E-state index in [9.17, 15) is 5.11 Å². The number of aliphatic hydroxyl groups is 1. The molecule has 1 N–H and O–H groups in total. The van der Waals surface area contributed by atoms with Crippen molar-refractivity contribution in [1.82, 2.24) is 9.38 Å². The molecule has 4 heteroatoms. The van der Waals surface area contributed by atoms with E-state index in [1.807, 2.05) is 35.9 Å². The Bertz CT molecular complexity index is 806. The van der Waals surface area contributed by atoms with Gasteiger partial charge in [0.15, 0.2) is 0 Å². The van der Waals surface area contributed by atoms with Crippen LogP contribution in [0.25, 0.3) is 16.9 Å². The zero-order valence-electron chi connectivity index (χ0n) is 12.4. The van der Waals surface area contributed by atoms with Gasteiger partial charge in [0.25, 0.3) is 0 Å². The number of aliphatic hydroxyl groups excluding tert-OH is 1. The van der Waals surface area contributed by atoms with Gasteiger partial charge in [-0.15, -0.1) is 0 Å². The average molecular weight is 282 g/mol. The number of imidazole rings is 1. The van der Waals surface area contributed by atoms with Crippen molar-refractivity contribution in [2.75, 3.05) is 7.11 Å². The first kappa shape index (κ1) is 13.6. The van der Waals surface area contributed by atoms with Gasteiger partial charge >= 0.3 is 0 Å². The number of rotatable bonds is 3. The van der Waals surface area contributed by atoms with Gasteiger partial charge in [-0.2, -0.15) is 0 Å². The fourth-order valence-electron chi connectivity index (χ4n) is 2.67. The van der Waals surface area contributed by atoms with Crippen LogP contribution in [0.3, 0.4) is 0 Å². The molecule has 3 aromatic rings. The predicted molar refractivity (Wildman–Crippen MR) is 82.6 cm³/mol. The van der Waals surface area contributed by atoms with Gasteiger partial charge in [-0.1, -0.05) is 6.07 Å². The second kappa shape index (κ2) is 5.22. The lowest BCUT2D eigenvalue weighted by atomic mass is 10.0. The molecule has 0 amide bonds. The number of hydrogen-bond donors (Lipinski definition) is 1. The smallest absolute Gasteiger partial charge is 0.137 e. The van der Waals surface area contributed by atoms with Gasteiger partial charge in [0.1, 0.15) is 11.4 Å². The molecule has 0 bridgehead atoms. The lowest BCUT2D eigenvalue weighted by Crippen LogP contribution is -1.92. The highest BCUT2D eigenvalue weighted by atomic mass is 16.5. The maximum atomic E-state index is 9.22. The van der Waals surface area contributed by atoms with Gasteiger partial charge in [-0.05, 0) is 48.7 Å². The van der Waals surface area contributed by atoms with Crippen molar-refractivity contribution in [1.29, 1.82) is 0 Å². The highest BCUT2D eigenvalue weighted by molar-refractivity contribution is 5.72. The van der Waals surface area contributed by atoms with Crippen molar-refractivity contribution >= 4 is 5.65 Å². The molecule has 0 aliphatic heterocycles. The standard InChI is InChI=1S/C17H18N2O2/c1-11-6-12(2)17(21-3)14(7-11)15-9-19-5-4-13(10-20)8-16(19)18-15/h4-9,20H,10H2,1-3H3. The number of aryl methyl sites for hydroxylation is 2. The van der Waals surface area contributed by atoms with Gasteiger partial charge < -0.3 is 14.2 Å². The van der Waals surface area contributed by atoms with Crippen LogP contribution in [0.2, 0.25) is 0 Å². The normalized spacial score (nSPS) is 11.0. The number of fused-ring (bicyclic) bond motifs is 1. The second-order valence-corrected chi connectivity index (χ2v) is 5.25. The maximum absolute atomic E-state index is 9.22. The molecule has 4 nitrogen and oxygen atoms in total. The molecule has 0 aliphatic carbocycles. The highest BCUT2D eigenvalue weighted by Crippen LogP contribution is 2.33. The molecule has 1 aromatic carbocycles. The number of ether oxygens (including phenoxy) is 1. The van der Waals surface area contributed by atoms with E-state index in [-0.39, 0.29) is 6.61 Å². The Labute approximate surface area is 123 Å². The van der Waals surface area contributed by atoms with Crippen molar-refractivity contribution in [3.8, 4) is 17.0 Å². The lowest BCUT2D eigenvalue weighted by Gasteiger charge is -2.10. The molecule has 108 valence electrons. The van der Waals surface area contributed by atoms with Crippen LogP contribution < -0.4 is 4.74 Å². The summed E-state index contributed by atoms with van der Waals surface area (Å²) in [7, 11) is 1.68. The minimum atomic E-state index is 0.0194.